The number of carbonyl (C=O) groups is 2. The fourth-order valence-corrected chi connectivity index (χ4v) is 3.43. The summed E-state index contributed by atoms with van der Waals surface area (Å²) in [5.74, 6) is 0.140. The molecule has 0 bridgehead atoms. The van der Waals surface area contributed by atoms with E-state index >= 15 is 0 Å². The first-order valence-corrected chi connectivity index (χ1v) is 10.0. The van der Waals surface area contributed by atoms with Crippen LogP contribution in [-0.4, -0.2) is 60.9 Å². The summed E-state index contributed by atoms with van der Waals surface area (Å²) in [6.45, 7) is 2.58. The number of hydrogen-bond acceptors (Lipinski definition) is 4. The number of rotatable bonds is 6. The summed E-state index contributed by atoms with van der Waals surface area (Å²) in [5, 5.41) is 2.75. The molecule has 28 heavy (non-hydrogen) atoms. The topological polar surface area (TPSA) is 61.9 Å². The molecule has 2 aromatic rings. The van der Waals surface area contributed by atoms with Crippen LogP contribution in [0.15, 0.2) is 48.5 Å². The second kappa shape index (κ2) is 9.83. The van der Waals surface area contributed by atoms with Crippen LogP contribution in [0.3, 0.4) is 0 Å². The molecule has 0 atom stereocenters. The van der Waals surface area contributed by atoms with E-state index in [4.69, 9.17) is 4.74 Å². The Morgan fingerprint density at radius 1 is 1.04 bits per heavy atom. The Kier molecular flexibility index (Phi) is 7.21. The predicted octanol–water partition coefficient (Wildman–Crippen LogP) is 2.59. The molecule has 8 heteroatoms. The Balaban J connectivity index is 1.40. The maximum Gasteiger partial charge on any atom is 0.260 e. The van der Waals surface area contributed by atoms with Gasteiger partial charge in [0.25, 0.3) is 5.91 Å². The quantitative estimate of drug-likeness (QED) is 0.624. The highest BCUT2D eigenvalue weighted by atomic mass is 127. The van der Waals surface area contributed by atoms with Gasteiger partial charge < -0.3 is 15.0 Å². The molecule has 0 aromatic heterocycles. The Hall–Kier alpha value is -2.20. The summed E-state index contributed by atoms with van der Waals surface area (Å²) in [5.41, 5.74) is 0.563. The van der Waals surface area contributed by atoms with Gasteiger partial charge in [0.15, 0.2) is 6.61 Å². The van der Waals surface area contributed by atoms with Crippen LogP contribution in [0.5, 0.6) is 5.75 Å². The molecule has 0 unspecified atom stereocenters. The van der Waals surface area contributed by atoms with E-state index < -0.39 is 0 Å². The molecule has 1 saturated heterocycles. The van der Waals surface area contributed by atoms with E-state index in [0.717, 1.165) is 3.57 Å². The number of amides is 2. The molecule has 1 aliphatic heterocycles. The van der Waals surface area contributed by atoms with Crippen molar-refractivity contribution in [1.82, 2.24) is 9.80 Å². The van der Waals surface area contributed by atoms with E-state index in [1.807, 2.05) is 29.2 Å². The van der Waals surface area contributed by atoms with Crippen molar-refractivity contribution in [2.45, 2.75) is 0 Å². The van der Waals surface area contributed by atoms with Crippen LogP contribution in [0, 0.1) is 9.39 Å². The molecule has 6 nitrogen and oxygen atoms in total. The van der Waals surface area contributed by atoms with Gasteiger partial charge in [-0.1, -0.05) is 12.1 Å². The lowest BCUT2D eigenvalue weighted by Crippen LogP contribution is -2.51. The Bertz CT molecular complexity index is 824. The van der Waals surface area contributed by atoms with Crippen LogP contribution in [0.4, 0.5) is 10.1 Å². The lowest BCUT2D eigenvalue weighted by atomic mass is 10.3. The standard InChI is InChI=1S/C20H21FIN3O3/c21-15-5-7-16(8-6-15)23-19(26)13-24-9-11-25(12-10-24)20(27)14-28-18-4-2-1-3-17(18)22/h1-8H,9-14H2,(H,23,26). The van der Waals surface area contributed by atoms with Crippen molar-refractivity contribution < 1.29 is 18.7 Å². The van der Waals surface area contributed by atoms with Gasteiger partial charge in [0.05, 0.1) is 10.1 Å². The maximum atomic E-state index is 12.9. The molecule has 0 radical (unpaired) electrons. The van der Waals surface area contributed by atoms with Gasteiger partial charge in [-0.15, -0.1) is 0 Å². The number of carbonyl (C=O) groups excluding carboxylic acids is 2. The molecule has 0 aliphatic carbocycles. The largest absolute Gasteiger partial charge is 0.483 e. The molecular weight excluding hydrogens is 476 g/mol. The molecular formula is C20H21FIN3O3. The van der Waals surface area contributed by atoms with Gasteiger partial charge in [-0.3, -0.25) is 14.5 Å². The lowest BCUT2D eigenvalue weighted by molar-refractivity contribution is -0.135. The lowest BCUT2D eigenvalue weighted by Gasteiger charge is -2.34. The normalized spacial score (nSPS) is 14.6. The third-order valence-corrected chi connectivity index (χ3v) is 5.30. The first-order chi connectivity index (χ1) is 13.5. The van der Waals surface area contributed by atoms with Gasteiger partial charge in [-0.2, -0.15) is 0 Å². The molecule has 1 heterocycles. The van der Waals surface area contributed by atoms with Crippen molar-refractivity contribution >= 4 is 40.1 Å². The van der Waals surface area contributed by atoms with Gasteiger partial charge >= 0.3 is 0 Å². The van der Waals surface area contributed by atoms with Crippen LogP contribution in [0.1, 0.15) is 0 Å². The first-order valence-electron chi connectivity index (χ1n) is 8.94. The van der Waals surface area contributed by atoms with Crippen molar-refractivity contribution in [3.8, 4) is 5.75 Å². The van der Waals surface area contributed by atoms with Gasteiger partial charge in [-0.25, -0.2) is 4.39 Å². The number of halogens is 2. The minimum atomic E-state index is -0.343. The van der Waals surface area contributed by atoms with Crippen molar-refractivity contribution in [2.24, 2.45) is 0 Å². The molecule has 1 N–H and O–H groups in total. The predicted molar refractivity (Wildman–Crippen MR) is 113 cm³/mol. The Morgan fingerprint density at radius 3 is 2.39 bits per heavy atom. The maximum absolute atomic E-state index is 12.9. The minimum absolute atomic E-state index is 0.00503. The second-order valence-corrected chi connectivity index (χ2v) is 7.59. The number of ether oxygens (including phenoxy) is 1. The Labute approximate surface area is 176 Å². The van der Waals surface area contributed by atoms with Crippen LogP contribution < -0.4 is 10.1 Å². The number of hydrogen-bond donors (Lipinski definition) is 1. The SMILES string of the molecule is O=C(CN1CCN(C(=O)COc2ccccc2I)CC1)Nc1ccc(F)cc1. The molecule has 1 aliphatic rings. The monoisotopic (exact) mass is 497 g/mol. The third-order valence-electron chi connectivity index (χ3n) is 4.41. The third kappa shape index (κ3) is 5.90. The molecule has 148 valence electrons. The first kappa shape index (κ1) is 20.5. The second-order valence-electron chi connectivity index (χ2n) is 6.43. The van der Waals surface area contributed by atoms with Crippen LogP contribution in [0.2, 0.25) is 0 Å². The Morgan fingerprint density at radius 2 is 1.71 bits per heavy atom. The molecule has 0 saturated carbocycles. The van der Waals surface area contributed by atoms with Gasteiger partial charge in [-0.05, 0) is 59.0 Å². The van der Waals surface area contributed by atoms with Crippen LogP contribution >= 0.6 is 22.6 Å². The van der Waals surface area contributed by atoms with E-state index in [-0.39, 0.29) is 30.8 Å². The highest BCUT2D eigenvalue weighted by Crippen LogP contribution is 2.19. The molecule has 3 rings (SSSR count). The summed E-state index contributed by atoms with van der Waals surface area (Å²) in [6.07, 6.45) is 0. The average molecular weight is 497 g/mol. The number of benzene rings is 2. The number of para-hydroxylation sites is 1. The zero-order chi connectivity index (χ0) is 19.9. The van der Waals surface area contributed by atoms with E-state index in [1.54, 1.807) is 4.90 Å². The smallest absolute Gasteiger partial charge is 0.260 e. The van der Waals surface area contributed by atoms with Gasteiger partial charge in [0, 0.05) is 31.9 Å². The summed E-state index contributed by atoms with van der Waals surface area (Å²) in [4.78, 5) is 28.2. The average Bonchev–Trinajstić information content (AvgIpc) is 2.69. The van der Waals surface area contributed by atoms with E-state index in [2.05, 4.69) is 27.9 Å². The van der Waals surface area contributed by atoms with Crippen molar-refractivity contribution in [1.29, 1.82) is 0 Å². The van der Waals surface area contributed by atoms with Gasteiger partial charge in [0.1, 0.15) is 11.6 Å². The zero-order valence-corrected chi connectivity index (χ0v) is 17.4. The van der Waals surface area contributed by atoms with E-state index in [0.29, 0.717) is 37.6 Å². The van der Waals surface area contributed by atoms with Crippen molar-refractivity contribution in [2.75, 3.05) is 44.6 Å². The number of nitrogens with zero attached hydrogens (tertiary/aromatic N) is 2. The number of nitrogens with one attached hydrogen (secondary N) is 1. The molecule has 2 aromatic carbocycles. The van der Waals surface area contributed by atoms with Crippen LogP contribution in [0.25, 0.3) is 0 Å². The molecule has 2 amide bonds. The summed E-state index contributed by atoms with van der Waals surface area (Å²) < 4.78 is 19.5. The van der Waals surface area contributed by atoms with E-state index in [1.165, 1.54) is 24.3 Å². The summed E-state index contributed by atoms with van der Waals surface area (Å²) in [6, 6.07) is 13.2. The fourth-order valence-electron chi connectivity index (χ4n) is 2.88. The van der Waals surface area contributed by atoms with Gasteiger partial charge in [0.2, 0.25) is 5.91 Å². The van der Waals surface area contributed by atoms with Crippen LogP contribution in [-0.2, 0) is 9.59 Å². The summed E-state index contributed by atoms with van der Waals surface area (Å²) in [7, 11) is 0. The number of piperazine rings is 1. The highest BCUT2D eigenvalue weighted by molar-refractivity contribution is 14.1. The molecule has 0 spiro atoms. The zero-order valence-electron chi connectivity index (χ0n) is 15.2. The van der Waals surface area contributed by atoms with Crippen molar-refractivity contribution in [3.05, 3.63) is 57.9 Å². The molecule has 1 fully saturated rings. The highest BCUT2D eigenvalue weighted by Gasteiger charge is 2.22. The van der Waals surface area contributed by atoms with E-state index in [9.17, 15) is 14.0 Å². The minimum Gasteiger partial charge on any atom is -0.483 e. The van der Waals surface area contributed by atoms with Crippen molar-refractivity contribution in [3.63, 3.8) is 0 Å². The number of anilines is 1. The fraction of sp³-hybridized carbons (Fsp3) is 0.300. The summed E-state index contributed by atoms with van der Waals surface area (Å²) >= 11 is 2.17.